The highest BCUT2D eigenvalue weighted by molar-refractivity contribution is 5.94. The zero-order valence-corrected chi connectivity index (χ0v) is 9.37. The minimum Gasteiger partial charge on any atom is -0.508 e. The van der Waals surface area contributed by atoms with E-state index in [9.17, 15) is 4.79 Å². The molecule has 1 unspecified atom stereocenters. The zero-order valence-electron chi connectivity index (χ0n) is 9.37. The normalized spacial score (nSPS) is 20.3. The molecule has 0 saturated carbocycles. The standard InChI is InChI=1S/C12H15NO4/c14-8-11-7-13(5-6-17-11)12(16)9-1-3-10(15)4-2-9/h1-4,11,14-15H,5-8H2. The molecule has 5 nitrogen and oxygen atoms in total. The number of rotatable bonds is 2. The van der Waals surface area contributed by atoms with Gasteiger partial charge in [0.25, 0.3) is 5.91 Å². The molecule has 2 N–H and O–H groups in total. The smallest absolute Gasteiger partial charge is 0.254 e. The van der Waals surface area contributed by atoms with Gasteiger partial charge in [-0.15, -0.1) is 0 Å². The van der Waals surface area contributed by atoms with Crippen molar-refractivity contribution in [2.24, 2.45) is 0 Å². The molecule has 1 saturated heterocycles. The Labute approximate surface area is 99.2 Å². The Balaban J connectivity index is 2.06. The number of nitrogens with zero attached hydrogens (tertiary/aromatic N) is 1. The summed E-state index contributed by atoms with van der Waals surface area (Å²) >= 11 is 0. The number of morpholine rings is 1. The van der Waals surface area contributed by atoms with E-state index in [1.807, 2.05) is 0 Å². The third-order valence-electron chi connectivity index (χ3n) is 2.74. The summed E-state index contributed by atoms with van der Waals surface area (Å²) in [6.07, 6.45) is -0.301. The summed E-state index contributed by atoms with van der Waals surface area (Å²) in [5, 5.41) is 18.2. The lowest BCUT2D eigenvalue weighted by Gasteiger charge is -2.32. The van der Waals surface area contributed by atoms with Crippen molar-refractivity contribution < 1.29 is 19.7 Å². The molecule has 1 aliphatic heterocycles. The van der Waals surface area contributed by atoms with Crippen LogP contribution in [0, 0.1) is 0 Å². The fourth-order valence-corrected chi connectivity index (χ4v) is 1.80. The third kappa shape index (κ3) is 2.75. The number of carbonyl (C=O) groups is 1. The number of hydrogen-bond acceptors (Lipinski definition) is 4. The second-order valence-electron chi connectivity index (χ2n) is 3.97. The zero-order chi connectivity index (χ0) is 12.3. The molecular formula is C12H15NO4. The van der Waals surface area contributed by atoms with Crippen molar-refractivity contribution in [3.63, 3.8) is 0 Å². The second-order valence-corrected chi connectivity index (χ2v) is 3.97. The van der Waals surface area contributed by atoms with E-state index < -0.39 is 0 Å². The van der Waals surface area contributed by atoms with Gasteiger partial charge < -0.3 is 19.8 Å². The number of aromatic hydroxyl groups is 1. The Hall–Kier alpha value is -1.59. The van der Waals surface area contributed by atoms with Crippen LogP contribution in [-0.2, 0) is 4.74 Å². The molecule has 92 valence electrons. The summed E-state index contributed by atoms with van der Waals surface area (Å²) in [6, 6.07) is 6.14. The Bertz CT molecular complexity index is 390. The molecule has 0 aliphatic carbocycles. The first kappa shape index (κ1) is 11.9. The first-order valence-corrected chi connectivity index (χ1v) is 5.51. The lowest BCUT2D eigenvalue weighted by atomic mass is 10.1. The van der Waals surface area contributed by atoms with E-state index in [0.717, 1.165) is 0 Å². The Morgan fingerprint density at radius 1 is 1.41 bits per heavy atom. The van der Waals surface area contributed by atoms with Crippen LogP contribution in [0.3, 0.4) is 0 Å². The molecule has 1 amide bonds. The molecule has 1 aromatic carbocycles. The van der Waals surface area contributed by atoms with Crippen LogP contribution in [0.5, 0.6) is 5.75 Å². The van der Waals surface area contributed by atoms with Gasteiger partial charge in [0.15, 0.2) is 0 Å². The Morgan fingerprint density at radius 3 is 2.76 bits per heavy atom. The fourth-order valence-electron chi connectivity index (χ4n) is 1.80. The molecule has 0 bridgehead atoms. The highest BCUT2D eigenvalue weighted by Crippen LogP contribution is 2.14. The van der Waals surface area contributed by atoms with Crippen LogP contribution >= 0.6 is 0 Å². The van der Waals surface area contributed by atoms with Crippen LogP contribution in [0.1, 0.15) is 10.4 Å². The van der Waals surface area contributed by atoms with Crippen LogP contribution in [-0.4, -0.2) is 53.4 Å². The van der Waals surface area contributed by atoms with E-state index in [0.29, 0.717) is 25.3 Å². The van der Waals surface area contributed by atoms with E-state index in [4.69, 9.17) is 14.9 Å². The maximum absolute atomic E-state index is 12.1. The van der Waals surface area contributed by atoms with Crippen LogP contribution in [0.2, 0.25) is 0 Å². The number of phenolic OH excluding ortho intramolecular Hbond substituents is 1. The number of amides is 1. The van der Waals surface area contributed by atoms with Crippen molar-refractivity contribution >= 4 is 5.91 Å². The minimum absolute atomic E-state index is 0.0840. The molecule has 1 aliphatic rings. The Kier molecular flexibility index (Phi) is 3.61. The molecule has 0 spiro atoms. The molecule has 0 radical (unpaired) electrons. The SMILES string of the molecule is O=C(c1ccc(O)cc1)N1CCOC(CO)C1. The van der Waals surface area contributed by atoms with Gasteiger partial charge in [0.2, 0.25) is 0 Å². The van der Waals surface area contributed by atoms with Crippen molar-refractivity contribution in [2.45, 2.75) is 6.10 Å². The summed E-state index contributed by atoms with van der Waals surface area (Å²) in [7, 11) is 0. The lowest BCUT2D eigenvalue weighted by Crippen LogP contribution is -2.46. The van der Waals surface area contributed by atoms with Gasteiger partial charge in [0, 0.05) is 18.7 Å². The van der Waals surface area contributed by atoms with E-state index >= 15 is 0 Å². The molecule has 1 heterocycles. The van der Waals surface area contributed by atoms with Crippen molar-refractivity contribution in [1.29, 1.82) is 0 Å². The highest BCUT2D eigenvalue weighted by atomic mass is 16.5. The average Bonchev–Trinajstić information content (AvgIpc) is 2.39. The Morgan fingerprint density at radius 2 is 2.12 bits per heavy atom. The molecule has 0 aromatic heterocycles. The first-order chi connectivity index (χ1) is 8.20. The molecule has 1 fully saturated rings. The van der Waals surface area contributed by atoms with Crippen molar-refractivity contribution in [3.8, 4) is 5.75 Å². The summed E-state index contributed by atoms with van der Waals surface area (Å²) in [5.74, 6) is 0.0310. The van der Waals surface area contributed by atoms with Gasteiger partial charge in [-0.1, -0.05) is 0 Å². The van der Waals surface area contributed by atoms with Gasteiger partial charge in [-0.2, -0.15) is 0 Å². The number of aliphatic hydroxyl groups excluding tert-OH is 1. The molecule has 5 heteroatoms. The maximum atomic E-state index is 12.1. The first-order valence-electron chi connectivity index (χ1n) is 5.51. The number of carbonyl (C=O) groups excluding carboxylic acids is 1. The number of benzene rings is 1. The second kappa shape index (κ2) is 5.16. The number of aliphatic hydroxyl groups is 1. The monoisotopic (exact) mass is 237 g/mol. The molecule has 1 atom stereocenters. The third-order valence-corrected chi connectivity index (χ3v) is 2.74. The largest absolute Gasteiger partial charge is 0.508 e. The van der Waals surface area contributed by atoms with Crippen LogP contribution in [0.15, 0.2) is 24.3 Å². The van der Waals surface area contributed by atoms with E-state index in [1.54, 1.807) is 17.0 Å². The van der Waals surface area contributed by atoms with Crippen LogP contribution < -0.4 is 0 Å². The molecular weight excluding hydrogens is 222 g/mol. The van der Waals surface area contributed by atoms with Gasteiger partial charge >= 0.3 is 0 Å². The van der Waals surface area contributed by atoms with Gasteiger partial charge in [-0.25, -0.2) is 0 Å². The van der Waals surface area contributed by atoms with Gasteiger partial charge in [-0.3, -0.25) is 4.79 Å². The van der Waals surface area contributed by atoms with Crippen LogP contribution in [0.25, 0.3) is 0 Å². The number of ether oxygens (including phenoxy) is 1. The van der Waals surface area contributed by atoms with E-state index in [-0.39, 0.29) is 24.4 Å². The van der Waals surface area contributed by atoms with Crippen LogP contribution in [0.4, 0.5) is 0 Å². The fraction of sp³-hybridized carbons (Fsp3) is 0.417. The molecule has 1 aromatic rings. The van der Waals surface area contributed by atoms with Gasteiger partial charge in [0.1, 0.15) is 5.75 Å². The van der Waals surface area contributed by atoms with Gasteiger partial charge in [0.05, 0.1) is 19.3 Å². The summed E-state index contributed by atoms with van der Waals surface area (Å²) < 4.78 is 5.28. The number of hydrogen-bond donors (Lipinski definition) is 2. The molecule has 2 rings (SSSR count). The predicted octanol–water partition coefficient (Wildman–Crippen LogP) is 0.226. The highest BCUT2D eigenvalue weighted by Gasteiger charge is 2.24. The maximum Gasteiger partial charge on any atom is 0.254 e. The summed E-state index contributed by atoms with van der Waals surface area (Å²) in [5.41, 5.74) is 0.529. The van der Waals surface area contributed by atoms with Crippen molar-refractivity contribution in [2.75, 3.05) is 26.3 Å². The average molecular weight is 237 g/mol. The van der Waals surface area contributed by atoms with Crippen molar-refractivity contribution in [3.05, 3.63) is 29.8 Å². The van der Waals surface area contributed by atoms with E-state index in [2.05, 4.69) is 0 Å². The minimum atomic E-state index is -0.301. The summed E-state index contributed by atoms with van der Waals surface area (Å²) in [6.45, 7) is 1.28. The quantitative estimate of drug-likeness (QED) is 0.772. The summed E-state index contributed by atoms with van der Waals surface area (Å²) in [4.78, 5) is 13.7. The van der Waals surface area contributed by atoms with Crippen molar-refractivity contribution in [1.82, 2.24) is 4.90 Å². The molecule has 17 heavy (non-hydrogen) atoms. The van der Waals surface area contributed by atoms with E-state index in [1.165, 1.54) is 12.1 Å². The number of phenols is 1. The predicted molar refractivity (Wildman–Crippen MR) is 60.8 cm³/mol. The van der Waals surface area contributed by atoms with Gasteiger partial charge in [-0.05, 0) is 24.3 Å². The lowest BCUT2D eigenvalue weighted by molar-refractivity contribution is -0.0447. The topological polar surface area (TPSA) is 70.0 Å².